The molecule has 0 radical (unpaired) electrons. The summed E-state index contributed by atoms with van der Waals surface area (Å²) in [6, 6.07) is 4.38. The molecule has 0 saturated heterocycles. The van der Waals surface area contributed by atoms with E-state index < -0.39 is 11.0 Å². The van der Waals surface area contributed by atoms with Crippen molar-refractivity contribution in [3.05, 3.63) is 38.9 Å². The van der Waals surface area contributed by atoms with Crippen LogP contribution in [0.2, 0.25) is 5.02 Å². The highest BCUT2D eigenvalue weighted by Gasteiger charge is 2.50. The van der Waals surface area contributed by atoms with Crippen LogP contribution in [-0.4, -0.2) is 16.1 Å². The Morgan fingerprint density at radius 2 is 2.19 bits per heavy atom. The number of rotatable bonds is 3. The molecule has 0 aliphatic heterocycles. The summed E-state index contributed by atoms with van der Waals surface area (Å²) in [5.74, 6) is 0. The fourth-order valence-corrected chi connectivity index (χ4v) is 2.36. The number of nitro benzene ring substituents is 1. The van der Waals surface area contributed by atoms with E-state index in [1.165, 1.54) is 18.2 Å². The summed E-state index contributed by atoms with van der Waals surface area (Å²) in [7, 11) is 0. The van der Waals surface area contributed by atoms with Crippen molar-refractivity contribution in [1.82, 2.24) is 0 Å². The first-order valence-electron chi connectivity index (χ1n) is 5.10. The molecule has 0 bridgehead atoms. The van der Waals surface area contributed by atoms with Gasteiger partial charge in [0.1, 0.15) is 0 Å². The third kappa shape index (κ3) is 1.68. The molecule has 16 heavy (non-hydrogen) atoms. The first kappa shape index (κ1) is 11.4. The van der Waals surface area contributed by atoms with Gasteiger partial charge in [-0.25, -0.2) is 0 Å². The lowest BCUT2D eigenvalue weighted by molar-refractivity contribution is -0.384. The molecule has 1 aromatic rings. The predicted octanol–water partition coefficient (Wildman–Crippen LogP) is 2.66. The van der Waals surface area contributed by atoms with E-state index in [2.05, 4.69) is 0 Å². The minimum absolute atomic E-state index is 0.0197. The van der Waals surface area contributed by atoms with Crippen molar-refractivity contribution < 1.29 is 10.0 Å². The quantitative estimate of drug-likeness (QED) is 0.654. The summed E-state index contributed by atoms with van der Waals surface area (Å²) in [4.78, 5) is 10.2. The van der Waals surface area contributed by atoms with Gasteiger partial charge in [0.15, 0.2) is 0 Å². The summed E-state index contributed by atoms with van der Waals surface area (Å²) >= 11 is 6.04. The maximum Gasteiger partial charge on any atom is 0.269 e. The van der Waals surface area contributed by atoms with Gasteiger partial charge in [-0.05, 0) is 31.4 Å². The van der Waals surface area contributed by atoms with Crippen LogP contribution in [0.1, 0.15) is 25.3 Å². The highest BCUT2D eigenvalue weighted by molar-refractivity contribution is 6.31. The van der Waals surface area contributed by atoms with Gasteiger partial charge < -0.3 is 5.11 Å². The molecule has 0 heterocycles. The molecular weight excluding hydrogens is 230 g/mol. The molecule has 1 aliphatic carbocycles. The van der Waals surface area contributed by atoms with Crippen molar-refractivity contribution in [2.24, 2.45) is 0 Å². The second kappa shape index (κ2) is 3.71. The lowest BCUT2D eigenvalue weighted by atomic mass is 9.90. The number of benzene rings is 1. The molecular formula is C11H12ClNO3. The molecule has 1 fully saturated rings. The third-order valence-corrected chi connectivity index (χ3v) is 3.62. The number of hydrogen-bond acceptors (Lipinski definition) is 3. The Kier molecular flexibility index (Phi) is 2.64. The molecule has 86 valence electrons. The normalized spacial score (nSPS) is 19.2. The number of non-ortho nitro benzene ring substituents is 1. The Labute approximate surface area is 98.0 Å². The van der Waals surface area contributed by atoms with Gasteiger partial charge in [-0.1, -0.05) is 11.6 Å². The van der Waals surface area contributed by atoms with E-state index in [0.717, 1.165) is 12.8 Å². The number of aliphatic hydroxyl groups excluding tert-OH is 1. The smallest absolute Gasteiger partial charge is 0.269 e. The lowest BCUT2D eigenvalue weighted by Gasteiger charge is -2.20. The zero-order chi connectivity index (χ0) is 11.9. The molecule has 1 atom stereocenters. The molecule has 2 rings (SSSR count). The highest BCUT2D eigenvalue weighted by atomic mass is 35.5. The van der Waals surface area contributed by atoms with Crippen LogP contribution in [0.25, 0.3) is 0 Å². The van der Waals surface area contributed by atoms with E-state index in [1.54, 1.807) is 6.92 Å². The highest BCUT2D eigenvalue weighted by Crippen LogP contribution is 2.53. The van der Waals surface area contributed by atoms with Gasteiger partial charge in [0.2, 0.25) is 0 Å². The minimum Gasteiger partial charge on any atom is -0.392 e. The van der Waals surface area contributed by atoms with E-state index in [4.69, 9.17) is 11.6 Å². The molecule has 5 heteroatoms. The van der Waals surface area contributed by atoms with Crippen LogP contribution in [0.5, 0.6) is 0 Å². The first-order valence-corrected chi connectivity index (χ1v) is 5.48. The Hall–Kier alpha value is -1.13. The maximum absolute atomic E-state index is 10.7. The van der Waals surface area contributed by atoms with Gasteiger partial charge >= 0.3 is 0 Å². The Morgan fingerprint density at radius 1 is 1.56 bits per heavy atom. The van der Waals surface area contributed by atoms with E-state index in [9.17, 15) is 15.2 Å². The summed E-state index contributed by atoms with van der Waals surface area (Å²) < 4.78 is 0. The van der Waals surface area contributed by atoms with Gasteiger partial charge in [-0.2, -0.15) is 0 Å². The summed E-state index contributed by atoms with van der Waals surface area (Å²) in [5.41, 5.74) is 0.341. The predicted molar refractivity (Wildman–Crippen MR) is 60.7 cm³/mol. The van der Waals surface area contributed by atoms with Crippen LogP contribution in [-0.2, 0) is 5.41 Å². The summed E-state index contributed by atoms with van der Waals surface area (Å²) in [5, 5.41) is 20.9. The molecule has 1 unspecified atom stereocenters. The van der Waals surface area contributed by atoms with Gasteiger partial charge in [0.05, 0.1) is 11.0 Å². The van der Waals surface area contributed by atoms with E-state index in [0.29, 0.717) is 10.6 Å². The van der Waals surface area contributed by atoms with Gasteiger partial charge in [-0.15, -0.1) is 0 Å². The van der Waals surface area contributed by atoms with Crippen LogP contribution < -0.4 is 0 Å². The van der Waals surface area contributed by atoms with Gasteiger partial charge in [0, 0.05) is 22.6 Å². The van der Waals surface area contributed by atoms with Crippen molar-refractivity contribution in [3.8, 4) is 0 Å². The van der Waals surface area contributed by atoms with Gasteiger partial charge in [-0.3, -0.25) is 10.1 Å². The average Bonchev–Trinajstić information content (AvgIpc) is 2.98. The molecule has 0 spiro atoms. The van der Waals surface area contributed by atoms with Crippen molar-refractivity contribution in [2.45, 2.75) is 31.3 Å². The van der Waals surface area contributed by atoms with Crippen LogP contribution in [0.15, 0.2) is 18.2 Å². The number of nitrogens with zero attached hydrogens (tertiary/aromatic N) is 1. The van der Waals surface area contributed by atoms with Crippen LogP contribution in [0.3, 0.4) is 0 Å². The Balaban J connectivity index is 2.48. The Bertz CT molecular complexity index is 441. The molecule has 4 nitrogen and oxygen atoms in total. The Morgan fingerprint density at radius 3 is 2.62 bits per heavy atom. The summed E-state index contributed by atoms with van der Waals surface area (Å²) in [6.07, 6.45) is 1.11. The van der Waals surface area contributed by atoms with E-state index in [-0.39, 0.29) is 11.1 Å². The largest absolute Gasteiger partial charge is 0.392 e. The average molecular weight is 242 g/mol. The maximum atomic E-state index is 10.7. The van der Waals surface area contributed by atoms with Crippen molar-refractivity contribution in [2.75, 3.05) is 0 Å². The van der Waals surface area contributed by atoms with E-state index >= 15 is 0 Å². The number of nitro groups is 1. The second-order valence-electron chi connectivity index (χ2n) is 4.25. The second-order valence-corrected chi connectivity index (χ2v) is 4.66. The monoisotopic (exact) mass is 241 g/mol. The van der Waals surface area contributed by atoms with E-state index in [1.807, 2.05) is 0 Å². The fourth-order valence-electron chi connectivity index (χ4n) is 2.06. The molecule has 0 amide bonds. The van der Waals surface area contributed by atoms with Crippen LogP contribution >= 0.6 is 11.6 Å². The number of aliphatic hydroxyl groups is 1. The standard InChI is InChI=1S/C11H12ClNO3/c1-7(14)11(4-5-11)9-6-8(13(15)16)2-3-10(9)12/h2-3,6-7,14H,4-5H2,1H3. The van der Waals surface area contributed by atoms with Crippen LogP contribution in [0, 0.1) is 10.1 Å². The van der Waals surface area contributed by atoms with Crippen molar-refractivity contribution in [3.63, 3.8) is 0 Å². The molecule has 0 aromatic heterocycles. The third-order valence-electron chi connectivity index (χ3n) is 3.29. The lowest BCUT2D eigenvalue weighted by Crippen LogP contribution is -2.23. The zero-order valence-electron chi connectivity index (χ0n) is 8.81. The van der Waals surface area contributed by atoms with Crippen LogP contribution in [0.4, 0.5) is 5.69 Å². The number of hydrogen-bond donors (Lipinski definition) is 1. The summed E-state index contributed by atoms with van der Waals surface area (Å²) in [6.45, 7) is 1.70. The molecule has 1 saturated carbocycles. The fraction of sp³-hybridized carbons (Fsp3) is 0.455. The molecule has 1 aromatic carbocycles. The topological polar surface area (TPSA) is 63.4 Å². The van der Waals surface area contributed by atoms with Crippen molar-refractivity contribution >= 4 is 17.3 Å². The van der Waals surface area contributed by atoms with Gasteiger partial charge in [0.25, 0.3) is 5.69 Å². The first-order chi connectivity index (χ1) is 7.47. The molecule has 1 N–H and O–H groups in total. The SMILES string of the molecule is CC(O)C1(c2cc([N+](=O)[O-])ccc2Cl)CC1. The minimum atomic E-state index is -0.535. The number of halogens is 1. The molecule has 1 aliphatic rings. The zero-order valence-corrected chi connectivity index (χ0v) is 9.57. The van der Waals surface area contributed by atoms with Crippen molar-refractivity contribution in [1.29, 1.82) is 0 Å².